The summed E-state index contributed by atoms with van der Waals surface area (Å²) in [6, 6.07) is 22.6. The zero-order valence-corrected chi connectivity index (χ0v) is 47.2. The molecule has 0 bridgehead atoms. The third-order valence-electron chi connectivity index (χ3n) is 14.0. The number of nitrogens with zero attached hydrogens (tertiary/aromatic N) is 6. The van der Waals surface area contributed by atoms with Crippen molar-refractivity contribution in [1.29, 1.82) is 5.26 Å². The van der Waals surface area contributed by atoms with Gasteiger partial charge >= 0.3 is 6.18 Å². The van der Waals surface area contributed by atoms with E-state index in [1.54, 1.807) is 71.6 Å². The Morgan fingerprint density at radius 2 is 1.51 bits per heavy atom. The number of alkyl halides is 3. The number of aliphatic hydroxyl groups excluding tert-OH is 1. The molecule has 2 saturated heterocycles. The second-order valence-corrected chi connectivity index (χ2v) is 21.5. The van der Waals surface area contributed by atoms with Crippen molar-refractivity contribution in [2.75, 3.05) is 82.4 Å². The maximum Gasteiger partial charge on any atom is 0.417 e. The lowest BCUT2D eigenvalue weighted by atomic mass is 10.0. The number of carbonyl (C=O) groups is 4. The fourth-order valence-corrected chi connectivity index (χ4v) is 11.3. The quantitative estimate of drug-likeness (QED) is 0.0402. The van der Waals surface area contributed by atoms with Gasteiger partial charge < -0.3 is 53.5 Å². The lowest BCUT2D eigenvalue weighted by molar-refractivity contribution is -0.143. The summed E-state index contributed by atoms with van der Waals surface area (Å²) in [5, 5.41) is 22.9. The molecule has 18 nitrogen and oxygen atoms in total. The Morgan fingerprint density at radius 1 is 0.877 bits per heavy atom. The number of fused-ring (bicyclic) bond motifs is 1. The van der Waals surface area contributed by atoms with E-state index >= 15 is 0 Å². The molecular formula is C58H64F3N7O11S2. The minimum absolute atomic E-state index is 0.0121. The molecule has 430 valence electrons. The Morgan fingerprint density at radius 3 is 2.11 bits per heavy atom. The topological polar surface area (TPSA) is 206 Å². The lowest BCUT2D eigenvalue weighted by Gasteiger charge is -2.35. The van der Waals surface area contributed by atoms with Crippen LogP contribution in [0.2, 0.25) is 0 Å². The summed E-state index contributed by atoms with van der Waals surface area (Å²) < 4.78 is 75.9. The second-order valence-electron chi connectivity index (χ2n) is 20.3. The molecule has 0 saturated carbocycles. The fraction of sp³-hybridized carbons (Fsp3) is 0.431. The summed E-state index contributed by atoms with van der Waals surface area (Å²) in [7, 11) is 0. The molecular weight excluding hydrogens is 1090 g/mol. The first-order valence-electron chi connectivity index (χ1n) is 26.4. The van der Waals surface area contributed by atoms with E-state index < -0.39 is 52.8 Å². The smallest absolute Gasteiger partial charge is 0.417 e. The molecule has 0 radical (unpaired) electrons. The van der Waals surface area contributed by atoms with Crippen LogP contribution in [0.3, 0.4) is 0 Å². The van der Waals surface area contributed by atoms with Gasteiger partial charge in [-0.1, -0.05) is 44.2 Å². The number of ether oxygens (including phenoxy) is 6. The number of aliphatic hydroxyl groups is 1. The predicted molar refractivity (Wildman–Crippen MR) is 299 cm³/mol. The van der Waals surface area contributed by atoms with Crippen LogP contribution in [0, 0.1) is 24.2 Å². The zero-order valence-electron chi connectivity index (χ0n) is 45.5. The minimum atomic E-state index is -4.81. The van der Waals surface area contributed by atoms with E-state index in [9.17, 15) is 42.7 Å². The number of amides is 4. The molecule has 8 rings (SSSR count). The van der Waals surface area contributed by atoms with Crippen LogP contribution in [0.1, 0.15) is 72.4 Å². The molecule has 3 aliphatic heterocycles. The van der Waals surface area contributed by atoms with Crippen molar-refractivity contribution in [3.05, 3.63) is 124 Å². The molecule has 81 heavy (non-hydrogen) atoms. The number of rotatable bonds is 26. The van der Waals surface area contributed by atoms with Gasteiger partial charge in [0, 0.05) is 42.9 Å². The van der Waals surface area contributed by atoms with Crippen molar-refractivity contribution >= 4 is 63.7 Å². The summed E-state index contributed by atoms with van der Waals surface area (Å²) in [6.45, 7) is 12.2. The van der Waals surface area contributed by atoms with Gasteiger partial charge in [-0.2, -0.15) is 18.4 Å². The Labute approximate surface area is 477 Å². The van der Waals surface area contributed by atoms with Crippen LogP contribution in [-0.4, -0.2) is 145 Å². The van der Waals surface area contributed by atoms with Crippen molar-refractivity contribution < 1.29 is 65.9 Å². The van der Waals surface area contributed by atoms with Crippen LogP contribution in [0.15, 0.2) is 90.4 Å². The van der Waals surface area contributed by atoms with Gasteiger partial charge in [-0.3, -0.25) is 24.1 Å². The van der Waals surface area contributed by atoms with E-state index in [4.69, 9.17) is 40.6 Å². The van der Waals surface area contributed by atoms with Gasteiger partial charge in [0.25, 0.3) is 11.8 Å². The van der Waals surface area contributed by atoms with Gasteiger partial charge in [-0.15, -0.1) is 11.3 Å². The highest BCUT2D eigenvalue weighted by atomic mass is 32.1. The largest absolute Gasteiger partial charge is 0.491 e. The number of thiocarbonyl (C=S) groups is 1. The summed E-state index contributed by atoms with van der Waals surface area (Å²) in [6.07, 6.45) is -5.64. The molecule has 23 heteroatoms. The molecule has 0 spiro atoms. The molecule has 0 unspecified atom stereocenters. The average Bonchev–Trinajstić information content (AvgIpc) is 4.39. The molecule has 4 heterocycles. The highest BCUT2D eigenvalue weighted by molar-refractivity contribution is 7.81. The number of thiazole rings is 1. The maximum atomic E-state index is 14.2. The molecule has 5 aromatic rings. The molecule has 2 fully saturated rings. The first-order valence-corrected chi connectivity index (χ1v) is 27.7. The zero-order chi connectivity index (χ0) is 58.0. The summed E-state index contributed by atoms with van der Waals surface area (Å²) in [5.41, 5.74) is 3.14. The number of nitrogens with one attached hydrogen (secondary N) is 1. The van der Waals surface area contributed by atoms with E-state index in [0.717, 1.165) is 38.7 Å². The highest BCUT2D eigenvalue weighted by Crippen LogP contribution is 2.40. The number of hydrogen-bond acceptors (Lipinski definition) is 15. The average molecular weight is 1160 g/mol. The van der Waals surface area contributed by atoms with Crippen LogP contribution in [0.5, 0.6) is 11.5 Å². The van der Waals surface area contributed by atoms with Crippen LogP contribution in [0.4, 0.5) is 24.5 Å². The van der Waals surface area contributed by atoms with Gasteiger partial charge in [0.2, 0.25) is 11.8 Å². The van der Waals surface area contributed by atoms with Crippen molar-refractivity contribution in [2.24, 2.45) is 5.92 Å². The van der Waals surface area contributed by atoms with Crippen molar-refractivity contribution in [2.45, 2.75) is 84.0 Å². The number of aromatic nitrogens is 1. The summed E-state index contributed by atoms with van der Waals surface area (Å²) >= 11 is 7.13. The van der Waals surface area contributed by atoms with Crippen LogP contribution in [-0.2, 0) is 52.6 Å². The van der Waals surface area contributed by atoms with Gasteiger partial charge in [0.1, 0.15) is 42.3 Å². The van der Waals surface area contributed by atoms with E-state index in [2.05, 4.69) is 10.3 Å². The highest BCUT2D eigenvalue weighted by Gasteiger charge is 2.51. The molecule has 4 aromatic carbocycles. The fourth-order valence-electron chi connectivity index (χ4n) is 9.95. The predicted octanol–water partition coefficient (Wildman–Crippen LogP) is 7.71. The SMILES string of the molecule is Cc1ncsc1-c1ccc(CNC(=O)[C@@H]2C[C@@H](O)CN2C(=O)[C@H](C(C)C)N2Cc3ccccc3C2=O)c(OCCOCCOCCOCCOCCOc2ccc(N3C(=S)N(c4ccc(C#N)c(C(F)(F)F)c4)C(=O)C3(C)C)cc2)c1. The number of benzene rings is 4. The van der Waals surface area contributed by atoms with E-state index in [1.165, 1.54) is 22.3 Å². The number of likely N-dealkylation sites (tertiary alicyclic amines) is 1. The third kappa shape index (κ3) is 14.0. The van der Waals surface area contributed by atoms with Crippen LogP contribution >= 0.6 is 23.6 Å². The van der Waals surface area contributed by atoms with E-state index in [1.807, 2.05) is 51.1 Å². The number of β-amino-alcohol motifs (C(OH)–C–C–N with tert-alkyl or cyclic N) is 1. The molecule has 0 aliphatic carbocycles. The minimum Gasteiger partial charge on any atom is -0.491 e. The number of anilines is 2. The number of hydrogen-bond donors (Lipinski definition) is 2. The van der Waals surface area contributed by atoms with Crippen LogP contribution in [0.25, 0.3) is 10.4 Å². The third-order valence-corrected chi connectivity index (χ3v) is 15.4. The standard InChI is InChI=1S/C58H64F3N7O11S2/c1-36(2)50(66-33-41-8-6-7-9-46(41)53(66)71)54(72)65-34-44(69)30-48(65)52(70)63-32-40-11-10-38(51-37(3)64-35-81-51)28-49(40)79-27-25-77-23-21-75-19-18-74-20-22-76-24-26-78-45-16-14-42(15-17-45)68-56(80)67(55(73)57(68,4)5)43-13-12-39(31-62)47(29-43)58(59,60)61/h6-17,28-29,35-36,44,48,50,69H,18-27,30,32-34H2,1-5H3,(H,63,70)/t44-,48+,50+/m1/s1. The normalized spacial score (nSPS) is 17.3. The Hall–Kier alpha value is -7.04. The van der Waals surface area contributed by atoms with Gasteiger partial charge in [-0.25, -0.2) is 4.98 Å². The van der Waals surface area contributed by atoms with Crippen molar-refractivity contribution in [3.8, 4) is 28.0 Å². The molecule has 3 atom stereocenters. The van der Waals surface area contributed by atoms with Gasteiger partial charge in [-0.05, 0) is 105 Å². The molecule has 4 amide bonds. The number of carbonyl (C=O) groups excluding carboxylic acids is 4. The monoisotopic (exact) mass is 1160 g/mol. The number of nitriles is 1. The number of aryl methyl sites for hydroxylation is 1. The summed E-state index contributed by atoms with van der Waals surface area (Å²) in [5.74, 6) is -0.745. The van der Waals surface area contributed by atoms with Crippen molar-refractivity contribution in [1.82, 2.24) is 20.1 Å². The molecule has 1 aromatic heterocycles. The maximum absolute atomic E-state index is 14.2. The first kappa shape index (κ1) is 60.1. The number of halogens is 3. The lowest BCUT2D eigenvalue weighted by Crippen LogP contribution is -2.55. The van der Waals surface area contributed by atoms with Crippen molar-refractivity contribution in [3.63, 3.8) is 0 Å². The second kappa shape index (κ2) is 26.7. The van der Waals surface area contributed by atoms with Gasteiger partial charge in [0.15, 0.2) is 5.11 Å². The Bertz CT molecular complexity index is 3120. The van der Waals surface area contributed by atoms with Gasteiger partial charge in [0.05, 0.1) is 97.9 Å². The Balaban J connectivity index is 0.710. The van der Waals surface area contributed by atoms with E-state index in [-0.39, 0.29) is 81.0 Å². The molecule has 2 N–H and O–H groups in total. The molecule has 3 aliphatic rings. The first-order chi connectivity index (χ1) is 38.8. The summed E-state index contributed by atoms with van der Waals surface area (Å²) in [4.78, 5) is 66.1. The Kier molecular flexibility index (Phi) is 19.8. The van der Waals surface area contributed by atoms with Crippen LogP contribution < -0.4 is 24.6 Å². The van der Waals surface area contributed by atoms with E-state index in [0.29, 0.717) is 68.0 Å².